The minimum Gasteiger partial charge on any atom is -0.367 e. The zero-order valence-corrected chi connectivity index (χ0v) is 10.7. The fraction of sp³-hybridized carbons (Fsp3) is 0.455. The third-order valence-corrected chi connectivity index (χ3v) is 3.61. The Labute approximate surface area is 108 Å². The lowest BCUT2D eigenvalue weighted by atomic mass is 10.2. The molecule has 6 heteroatoms. The molecule has 2 atom stereocenters. The molecular weight excluding hydrogens is 261 g/mol. The molecule has 2 aromatic rings. The Balaban J connectivity index is 2.02. The molecule has 1 N–H and O–H groups in total. The maximum atomic E-state index is 5.91. The summed E-state index contributed by atoms with van der Waals surface area (Å²) in [5, 5.41) is 0.702. The number of rotatable bonds is 1. The maximum absolute atomic E-state index is 5.91. The summed E-state index contributed by atoms with van der Waals surface area (Å²) in [5.74, 6) is 0.801. The van der Waals surface area contributed by atoms with Gasteiger partial charge in [0.25, 0.3) is 0 Å². The van der Waals surface area contributed by atoms with Gasteiger partial charge in [-0.05, 0) is 25.8 Å². The molecule has 1 fully saturated rings. The zero-order chi connectivity index (χ0) is 12.0. The number of aromatic amines is 1. The van der Waals surface area contributed by atoms with Gasteiger partial charge in [-0.15, -0.1) is 0 Å². The van der Waals surface area contributed by atoms with Crippen molar-refractivity contribution in [3.05, 3.63) is 22.1 Å². The number of hydrogen-bond donors (Lipinski definition) is 1. The number of nitrogens with one attached hydrogen (secondary N) is 1. The van der Waals surface area contributed by atoms with Crippen LogP contribution in [0.1, 0.15) is 31.7 Å². The van der Waals surface area contributed by atoms with Crippen molar-refractivity contribution in [3.8, 4) is 0 Å². The van der Waals surface area contributed by atoms with Crippen LogP contribution in [-0.2, 0) is 4.74 Å². The first-order valence-corrected chi connectivity index (χ1v) is 6.26. The second-order valence-electron chi connectivity index (χ2n) is 4.27. The molecular formula is C11H11Cl2N3O. The second kappa shape index (κ2) is 4.12. The van der Waals surface area contributed by atoms with E-state index in [1.165, 1.54) is 0 Å². The number of fused-ring (bicyclic) bond motifs is 1. The van der Waals surface area contributed by atoms with Gasteiger partial charge >= 0.3 is 0 Å². The normalized spacial score (nSPS) is 24.6. The lowest BCUT2D eigenvalue weighted by molar-refractivity contribution is 0.0510. The molecule has 4 nitrogen and oxygen atoms in total. The first kappa shape index (κ1) is 11.3. The number of H-pyrrole nitrogens is 1. The van der Waals surface area contributed by atoms with Crippen LogP contribution >= 0.6 is 23.2 Å². The van der Waals surface area contributed by atoms with Gasteiger partial charge in [-0.2, -0.15) is 0 Å². The minimum atomic E-state index is 0.0248. The van der Waals surface area contributed by atoms with Crippen LogP contribution in [-0.4, -0.2) is 21.1 Å². The average molecular weight is 272 g/mol. The molecule has 0 bridgehead atoms. The fourth-order valence-electron chi connectivity index (χ4n) is 2.07. The van der Waals surface area contributed by atoms with E-state index in [2.05, 4.69) is 21.9 Å². The van der Waals surface area contributed by atoms with E-state index in [1.54, 1.807) is 6.07 Å². The highest BCUT2D eigenvalue weighted by atomic mass is 35.5. The van der Waals surface area contributed by atoms with E-state index < -0.39 is 0 Å². The standard InChI is InChI=1S/C11H11Cl2N3O/c1-5-2-3-8(17-5)11-14-7-4-6(12)9(13)15-10(7)16-11/h4-5,8H,2-3H2,1H3,(H,14,15,16). The first-order chi connectivity index (χ1) is 8.13. The summed E-state index contributed by atoms with van der Waals surface area (Å²) in [6, 6.07) is 1.74. The monoisotopic (exact) mass is 271 g/mol. The molecule has 2 aromatic heterocycles. The predicted molar refractivity (Wildman–Crippen MR) is 66.4 cm³/mol. The Morgan fingerprint density at radius 1 is 1.35 bits per heavy atom. The molecule has 0 amide bonds. The van der Waals surface area contributed by atoms with Crippen LogP contribution in [0, 0.1) is 0 Å². The van der Waals surface area contributed by atoms with Crippen molar-refractivity contribution in [2.24, 2.45) is 0 Å². The number of nitrogens with zero attached hydrogens (tertiary/aromatic N) is 2. The molecule has 0 aromatic carbocycles. The van der Waals surface area contributed by atoms with Gasteiger partial charge in [-0.25, -0.2) is 9.97 Å². The smallest absolute Gasteiger partial charge is 0.179 e. The quantitative estimate of drug-likeness (QED) is 0.808. The summed E-state index contributed by atoms with van der Waals surface area (Å²) in [7, 11) is 0. The summed E-state index contributed by atoms with van der Waals surface area (Å²) in [6.07, 6.45) is 2.34. The summed E-state index contributed by atoms with van der Waals surface area (Å²) in [6.45, 7) is 2.06. The molecule has 0 spiro atoms. The van der Waals surface area contributed by atoms with Crippen molar-refractivity contribution < 1.29 is 4.74 Å². The third kappa shape index (κ3) is 2.01. The van der Waals surface area contributed by atoms with E-state index in [9.17, 15) is 0 Å². The van der Waals surface area contributed by atoms with Gasteiger partial charge in [-0.3, -0.25) is 0 Å². The molecule has 3 rings (SSSR count). The van der Waals surface area contributed by atoms with Crippen molar-refractivity contribution in [2.45, 2.75) is 32.0 Å². The molecule has 0 aliphatic carbocycles. The van der Waals surface area contributed by atoms with Crippen molar-refractivity contribution in [3.63, 3.8) is 0 Å². The summed E-state index contributed by atoms with van der Waals surface area (Å²) in [4.78, 5) is 11.7. The summed E-state index contributed by atoms with van der Waals surface area (Å²) in [5.41, 5.74) is 1.37. The number of aromatic nitrogens is 3. The van der Waals surface area contributed by atoms with Gasteiger partial charge in [0, 0.05) is 0 Å². The molecule has 3 heterocycles. The Bertz CT molecular complexity index is 530. The van der Waals surface area contributed by atoms with Gasteiger partial charge in [0.05, 0.1) is 16.6 Å². The molecule has 2 unspecified atom stereocenters. The van der Waals surface area contributed by atoms with Crippen molar-refractivity contribution >= 4 is 34.4 Å². The Morgan fingerprint density at radius 3 is 2.88 bits per heavy atom. The van der Waals surface area contributed by atoms with Gasteiger partial charge in [0.2, 0.25) is 0 Å². The predicted octanol–water partition coefficient (Wildman–Crippen LogP) is 3.50. The van der Waals surface area contributed by atoms with Crippen molar-refractivity contribution in [1.82, 2.24) is 15.0 Å². The Morgan fingerprint density at radius 2 is 2.18 bits per heavy atom. The molecule has 0 saturated carbocycles. The maximum Gasteiger partial charge on any atom is 0.179 e. The number of imidazole rings is 1. The lowest BCUT2D eigenvalue weighted by Gasteiger charge is -2.06. The van der Waals surface area contributed by atoms with Crippen LogP contribution in [0.25, 0.3) is 11.2 Å². The van der Waals surface area contributed by atoms with E-state index in [-0.39, 0.29) is 17.4 Å². The number of halogens is 2. The molecule has 1 aliphatic rings. The number of ether oxygens (including phenoxy) is 1. The Hall–Kier alpha value is -0.840. The van der Waals surface area contributed by atoms with Gasteiger partial charge in [0.1, 0.15) is 17.1 Å². The molecule has 17 heavy (non-hydrogen) atoms. The van der Waals surface area contributed by atoms with Crippen LogP contribution in [0.5, 0.6) is 0 Å². The second-order valence-corrected chi connectivity index (χ2v) is 5.03. The van der Waals surface area contributed by atoms with Crippen LogP contribution in [0.3, 0.4) is 0 Å². The van der Waals surface area contributed by atoms with Gasteiger partial charge in [-0.1, -0.05) is 23.2 Å². The minimum absolute atomic E-state index is 0.0248. The number of pyridine rings is 1. The van der Waals surface area contributed by atoms with Gasteiger partial charge in [0.15, 0.2) is 5.65 Å². The molecule has 90 valence electrons. The lowest BCUT2D eigenvalue weighted by Crippen LogP contribution is -2.02. The molecule has 1 aliphatic heterocycles. The van der Waals surface area contributed by atoms with Crippen LogP contribution in [0.4, 0.5) is 0 Å². The van der Waals surface area contributed by atoms with E-state index in [0.717, 1.165) is 24.2 Å². The summed E-state index contributed by atoms with van der Waals surface area (Å²) >= 11 is 11.8. The van der Waals surface area contributed by atoms with E-state index in [0.29, 0.717) is 10.7 Å². The summed E-state index contributed by atoms with van der Waals surface area (Å²) < 4.78 is 5.75. The van der Waals surface area contributed by atoms with Crippen molar-refractivity contribution in [2.75, 3.05) is 0 Å². The fourth-order valence-corrected chi connectivity index (χ4v) is 2.36. The highest BCUT2D eigenvalue weighted by Crippen LogP contribution is 2.32. The van der Waals surface area contributed by atoms with E-state index >= 15 is 0 Å². The largest absolute Gasteiger partial charge is 0.367 e. The van der Waals surface area contributed by atoms with E-state index in [1.807, 2.05) is 0 Å². The van der Waals surface area contributed by atoms with Crippen LogP contribution < -0.4 is 0 Å². The topological polar surface area (TPSA) is 50.8 Å². The molecule has 1 saturated heterocycles. The highest BCUT2D eigenvalue weighted by molar-refractivity contribution is 6.41. The molecule has 0 radical (unpaired) electrons. The third-order valence-electron chi connectivity index (χ3n) is 2.94. The van der Waals surface area contributed by atoms with Crippen LogP contribution in [0.2, 0.25) is 10.2 Å². The van der Waals surface area contributed by atoms with Crippen molar-refractivity contribution in [1.29, 1.82) is 0 Å². The Kier molecular flexibility index (Phi) is 2.73. The average Bonchev–Trinajstić information content (AvgIpc) is 2.85. The van der Waals surface area contributed by atoms with Gasteiger partial charge < -0.3 is 9.72 Å². The first-order valence-electron chi connectivity index (χ1n) is 5.50. The van der Waals surface area contributed by atoms with E-state index in [4.69, 9.17) is 27.9 Å². The SMILES string of the molecule is CC1CCC(c2nc3nc(Cl)c(Cl)cc3[nH]2)O1. The zero-order valence-electron chi connectivity index (χ0n) is 9.20. The van der Waals surface area contributed by atoms with Crippen LogP contribution in [0.15, 0.2) is 6.07 Å². The number of hydrogen-bond acceptors (Lipinski definition) is 3. The highest BCUT2D eigenvalue weighted by Gasteiger charge is 2.26.